The summed E-state index contributed by atoms with van der Waals surface area (Å²) in [4.78, 5) is 1.05. The van der Waals surface area contributed by atoms with Crippen LogP contribution in [0.25, 0.3) is 0 Å². The molecule has 0 bridgehead atoms. The molecule has 1 unspecified atom stereocenters. The van der Waals surface area contributed by atoms with Crippen LogP contribution in [0.3, 0.4) is 0 Å². The molecule has 79 valence electrons. The SMILES string of the molecule is CCCC[C](C)C(C)(O)c1cccs1. The monoisotopic (exact) mass is 211 g/mol. The number of unbranched alkanes of at least 4 members (excludes halogenated alkanes) is 1. The number of hydrogen-bond acceptors (Lipinski definition) is 2. The van der Waals surface area contributed by atoms with Crippen molar-refractivity contribution in [3.05, 3.63) is 28.3 Å². The first-order valence-corrected chi connectivity index (χ1v) is 6.06. The van der Waals surface area contributed by atoms with Crippen LogP contribution in [0.2, 0.25) is 0 Å². The molecule has 0 saturated heterocycles. The Morgan fingerprint density at radius 3 is 2.79 bits per heavy atom. The Kier molecular flexibility index (Phi) is 4.14. The van der Waals surface area contributed by atoms with E-state index in [0.29, 0.717) is 0 Å². The molecule has 1 N–H and O–H groups in total. The summed E-state index contributed by atoms with van der Waals surface area (Å²) in [6, 6.07) is 3.99. The quantitative estimate of drug-likeness (QED) is 0.786. The van der Waals surface area contributed by atoms with Crippen molar-refractivity contribution in [2.24, 2.45) is 0 Å². The van der Waals surface area contributed by atoms with Gasteiger partial charge in [-0.1, -0.05) is 32.8 Å². The fraction of sp³-hybridized carbons (Fsp3) is 0.583. The van der Waals surface area contributed by atoms with Crippen molar-refractivity contribution < 1.29 is 5.11 Å². The zero-order chi connectivity index (χ0) is 10.6. The van der Waals surface area contributed by atoms with Gasteiger partial charge in [-0.15, -0.1) is 11.3 Å². The largest absolute Gasteiger partial charge is 0.384 e. The van der Waals surface area contributed by atoms with Crippen molar-refractivity contribution >= 4 is 11.3 Å². The second-order valence-corrected chi connectivity index (χ2v) is 4.88. The maximum Gasteiger partial charge on any atom is 0.102 e. The molecule has 14 heavy (non-hydrogen) atoms. The summed E-state index contributed by atoms with van der Waals surface area (Å²) in [5.74, 6) is 1.17. The van der Waals surface area contributed by atoms with Gasteiger partial charge in [0.1, 0.15) is 5.60 Å². The fourth-order valence-corrected chi connectivity index (χ4v) is 2.32. The summed E-state index contributed by atoms with van der Waals surface area (Å²) in [6.07, 6.45) is 3.35. The first-order valence-electron chi connectivity index (χ1n) is 5.18. The second-order valence-electron chi connectivity index (χ2n) is 3.93. The molecule has 0 aliphatic carbocycles. The molecule has 0 spiro atoms. The molecule has 1 nitrogen and oxygen atoms in total. The summed E-state index contributed by atoms with van der Waals surface area (Å²) in [5.41, 5.74) is -0.733. The number of thiophene rings is 1. The minimum Gasteiger partial charge on any atom is -0.384 e. The molecule has 1 aromatic heterocycles. The van der Waals surface area contributed by atoms with E-state index in [-0.39, 0.29) is 0 Å². The van der Waals surface area contributed by atoms with Crippen molar-refractivity contribution in [3.8, 4) is 0 Å². The molecule has 1 rings (SSSR count). The third-order valence-corrected chi connectivity index (χ3v) is 3.82. The van der Waals surface area contributed by atoms with Crippen molar-refractivity contribution in [2.45, 2.75) is 45.6 Å². The molecule has 1 atom stereocenters. The van der Waals surface area contributed by atoms with Gasteiger partial charge in [0, 0.05) is 10.8 Å². The minimum absolute atomic E-state index is 0.733. The van der Waals surface area contributed by atoms with Crippen molar-refractivity contribution in [1.82, 2.24) is 0 Å². The highest BCUT2D eigenvalue weighted by Gasteiger charge is 2.31. The lowest BCUT2D eigenvalue weighted by atomic mass is 9.85. The summed E-state index contributed by atoms with van der Waals surface area (Å²) in [6.45, 7) is 6.12. The summed E-state index contributed by atoms with van der Waals surface area (Å²) >= 11 is 1.62. The molecule has 2 heteroatoms. The number of aliphatic hydroxyl groups is 1. The van der Waals surface area contributed by atoms with E-state index in [0.717, 1.165) is 17.7 Å². The molecule has 0 aliphatic heterocycles. The van der Waals surface area contributed by atoms with Crippen LogP contribution in [0.5, 0.6) is 0 Å². The Hall–Kier alpha value is -0.340. The molecule has 0 fully saturated rings. The molecule has 0 amide bonds. The van der Waals surface area contributed by atoms with Crippen LogP contribution in [0.4, 0.5) is 0 Å². The standard InChI is InChI=1S/C12H19OS/c1-4-5-7-10(2)12(3,13)11-8-6-9-14-11/h6,8-9,13H,4-5,7H2,1-3H3. The van der Waals surface area contributed by atoms with E-state index in [1.54, 1.807) is 11.3 Å². The minimum atomic E-state index is -0.733. The van der Waals surface area contributed by atoms with Crippen LogP contribution in [0.15, 0.2) is 17.5 Å². The molecule has 0 aliphatic rings. The Morgan fingerprint density at radius 1 is 1.57 bits per heavy atom. The molecular formula is C12H19OS. The molecule has 1 aromatic rings. The van der Waals surface area contributed by atoms with Crippen LogP contribution in [-0.4, -0.2) is 5.11 Å². The van der Waals surface area contributed by atoms with E-state index in [1.807, 2.05) is 24.4 Å². The maximum absolute atomic E-state index is 10.3. The predicted molar refractivity (Wildman–Crippen MR) is 62.3 cm³/mol. The second kappa shape index (κ2) is 4.94. The molecular weight excluding hydrogens is 192 g/mol. The van der Waals surface area contributed by atoms with Crippen LogP contribution < -0.4 is 0 Å². The van der Waals surface area contributed by atoms with Crippen molar-refractivity contribution in [3.63, 3.8) is 0 Å². The van der Waals surface area contributed by atoms with Gasteiger partial charge in [-0.05, 0) is 24.8 Å². The molecule has 0 aromatic carbocycles. The summed E-state index contributed by atoms with van der Waals surface area (Å²) < 4.78 is 0. The Bertz CT molecular complexity index is 251. The van der Waals surface area contributed by atoms with Crippen LogP contribution in [-0.2, 0) is 5.60 Å². The summed E-state index contributed by atoms with van der Waals surface area (Å²) in [7, 11) is 0. The third-order valence-electron chi connectivity index (χ3n) is 2.74. The number of hydrogen-bond donors (Lipinski definition) is 1. The highest BCUT2D eigenvalue weighted by Crippen LogP contribution is 2.36. The molecule has 0 saturated carbocycles. The zero-order valence-electron chi connectivity index (χ0n) is 9.21. The Balaban J connectivity index is 2.64. The van der Waals surface area contributed by atoms with Gasteiger partial charge in [0.15, 0.2) is 0 Å². The van der Waals surface area contributed by atoms with Crippen molar-refractivity contribution in [1.29, 1.82) is 0 Å². The lowest BCUT2D eigenvalue weighted by Gasteiger charge is -2.28. The van der Waals surface area contributed by atoms with Gasteiger partial charge in [0.25, 0.3) is 0 Å². The van der Waals surface area contributed by atoms with Gasteiger partial charge >= 0.3 is 0 Å². The van der Waals surface area contributed by atoms with E-state index in [4.69, 9.17) is 0 Å². The van der Waals surface area contributed by atoms with E-state index in [1.165, 1.54) is 12.3 Å². The maximum atomic E-state index is 10.3. The average Bonchev–Trinajstić information content (AvgIpc) is 2.67. The first kappa shape index (κ1) is 11.7. The van der Waals surface area contributed by atoms with Gasteiger partial charge in [-0.3, -0.25) is 0 Å². The Labute approximate surface area is 90.8 Å². The van der Waals surface area contributed by atoms with E-state index >= 15 is 0 Å². The van der Waals surface area contributed by atoms with Gasteiger partial charge in [-0.2, -0.15) is 0 Å². The van der Waals surface area contributed by atoms with Gasteiger partial charge in [0.05, 0.1) is 0 Å². The van der Waals surface area contributed by atoms with Gasteiger partial charge in [-0.25, -0.2) is 0 Å². The first-order chi connectivity index (χ1) is 6.59. The van der Waals surface area contributed by atoms with Gasteiger partial charge in [0.2, 0.25) is 0 Å². The molecule has 1 heterocycles. The number of rotatable bonds is 5. The fourth-order valence-electron chi connectivity index (χ4n) is 1.45. The van der Waals surface area contributed by atoms with Crippen molar-refractivity contribution in [2.75, 3.05) is 0 Å². The Morgan fingerprint density at radius 2 is 2.29 bits per heavy atom. The zero-order valence-corrected chi connectivity index (χ0v) is 10.0. The topological polar surface area (TPSA) is 20.2 Å². The van der Waals surface area contributed by atoms with E-state index < -0.39 is 5.60 Å². The lowest BCUT2D eigenvalue weighted by molar-refractivity contribution is 0.0715. The normalized spacial score (nSPS) is 15.8. The predicted octanol–water partition coefficient (Wildman–Crippen LogP) is 3.74. The smallest absolute Gasteiger partial charge is 0.102 e. The summed E-state index contributed by atoms with van der Waals surface area (Å²) in [5, 5.41) is 12.4. The average molecular weight is 211 g/mol. The van der Waals surface area contributed by atoms with E-state index in [2.05, 4.69) is 13.8 Å². The lowest BCUT2D eigenvalue weighted by Crippen LogP contribution is -2.27. The molecule has 1 radical (unpaired) electrons. The third kappa shape index (κ3) is 2.58. The van der Waals surface area contributed by atoms with Crippen LogP contribution >= 0.6 is 11.3 Å². The van der Waals surface area contributed by atoms with Crippen LogP contribution in [0.1, 0.15) is 44.9 Å². The highest BCUT2D eigenvalue weighted by atomic mass is 32.1. The van der Waals surface area contributed by atoms with Gasteiger partial charge < -0.3 is 5.11 Å². The van der Waals surface area contributed by atoms with Crippen LogP contribution in [0, 0.1) is 5.92 Å². The highest BCUT2D eigenvalue weighted by molar-refractivity contribution is 7.10. The van der Waals surface area contributed by atoms with E-state index in [9.17, 15) is 5.11 Å².